The number of hydrogen-bond donors (Lipinski definition) is 2. The molecule has 82 valence electrons. The molecule has 0 aliphatic carbocycles. The summed E-state index contributed by atoms with van der Waals surface area (Å²) < 4.78 is 13.2. The third-order valence-corrected chi connectivity index (χ3v) is 2.06. The number of benzene rings is 1. The molecule has 0 aliphatic heterocycles. The minimum absolute atomic E-state index is 0.00796. The largest absolute Gasteiger partial charge is 0.481 e. The predicted molar refractivity (Wildman–Crippen MR) is 53.0 cm³/mol. The topological polar surface area (TPSA) is 57.5 Å². The quantitative estimate of drug-likeness (QED) is 0.796. The standard InChI is InChI=1S/C11H13FO3/c1-11(15,7-10(13)14)6-8-4-2-3-5-9(8)12/h2-5,15H,6-7H2,1H3,(H,13,14). The Morgan fingerprint density at radius 2 is 2.07 bits per heavy atom. The fraction of sp³-hybridized carbons (Fsp3) is 0.364. The van der Waals surface area contributed by atoms with Gasteiger partial charge in [-0.15, -0.1) is 0 Å². The fourth-order valence-electron chi connectivity index (χ4n) is 1.44. The van der Waals surface area contributed by atoms with E-state index in [1.54, 1.807) is 12.1 Å². The predicted octanol–water partition coefficient (Wildman–Crippen LogP) is 1.59. The number of carboxylic acids is 1. The molecule has 1 aromatic rings. The van der Waals surface area contributed by atoms with E-state index in [0.717, 1.165) is 0 Å². The molecule has 0 fully saturated rings. The van der Waals surface area contributed by atoms with Crippen LogP contribution in [-0.4, -0.2) is 21.8 Å². The van der Waals surface area contributed by atoms with Crippen molar-refractivity contribution >= 4 is 5.97 Å². The molecule has 1 unspecified atom stereocenters. The second kappa shape index (κ2) is 4.40. The minimum Gasteiger partial charge on any atom is -0.481 e. The van der Waals surface area contributed by atoms with Crippen molar-refractivity contribution in [1.29, 1.82) is 0 Å². The highest BCUT2D eigenvalue weighted by Crippen LogP contribution is 2.18. The smallest absolute Gasteiger partial charge is 0.306 e. The molecule has 3 nitrogen and oxygen atoms in total. The van der Waals surface area contributed by atoms with Crippen molar-refractivity contribution in [2.24, 2.45) is 0 Å². The van der Waals surface area contributed by atoms with E-state index in [0.29, 0.717) is 5.56 Å². The zero-order chi connectivity index (χ0) is 11.5. The average molecular weight is 212 g/mol. The summed E-state index contributed by atoms with van der Waals surface area (Å²) in [6.45, 7) is 1.38. The average Bonchev–Trinajstić information content (AvgIpc) is 2.06. The van der Waals surface area contributed by atoms with E-state index in [-0.39, 0.29) is 6.42 Å². The van der Waals surface area contributed by atoms with Gasteiger partial charge in [-0.1, -0.05) is 18.2 Å². The van der Waals surface area contributed by atoms with Gasteiger partial charge in [-0.05, 0) is 18.6 Å². The van der Waals surface area contributed by atoms with Crippen molar-refractivity contribution in [1.82, 2.24) is 0 Å². The van der Waals surface area contributed by atoms with E-state index >= 15 is 0 Å². The van der Waals surface area contributed by atoms with Crippen molar-refractivity contribution in [3.05, 3.63) is 35.6 Å². The zero-order valence-corrected chi connectivity index (χ0v) is 8.40. The van der Waals surface area contributed by atoms with Crippen LogP contribution in [0, 0.1) is 5.82 Å². The summed E-state index contributed by atoms with van der Waals surface area (Å²) in [4.78, 5) is 10.4. The zero-order valence-electron chi connectivity index (χ0n) is 8.40. The number of carbonyl (C=O) groups is 1. The molecule has 1 rings (SSSR count). The third-order valence-electron chi connectivity index (χ3n) is 2.06. The molecular formula is C11H13FO3. The Morgan fingerprint density at radius 3 is 2.60 bits per heavy atom. The SMILES string of the molecule is CC(O)(CC(=O)O)Cc1ccccc1F. The number of aliphatic carboxylic acids is 1. The van der Waals surface area contributed by atoms with Crippen molar-refractivity contribution < 1.29 is 19.4 Å². The minimum atomic E-state index is -1.42. The number of aliphatic hydroxyl groups is 1. The second-order valence-electron chi connectivity index (χ2n) is 3.84. The molecule has 0 amide bonds. The molecule has 15 heavy (non-hydrogen) atoms. The van der Waals surface area contributed by atoms with Gasteiger partial charge in [-0.25, -0.2) is 4.39 Å². The lowest BCUT2D eigenvalue weighted by Crippen LogP contribution is -2.30. The molecule has 0 bridgehead atoms. The van der Waals surface area contributed by atoms with Gasteiger partial charge in [0.25, 0.3) is 0 Å². The lowest BCUT2D eigenvalue weighted by atomic mass is 9.93. The van der Waals surface area contributed by atoms with Gasteiger partial charge in [0, 0.05) is 6.42 Å². The summed E-state index contributed by atoms with van der Waals surface area (Å²) in [5.41, 5.74) is -1.10. The molecule has 0 spiro atoms. The first-order valence-corrected chi connectivity index (χ1v) is 4.58. The fourth-order valence-corrected chi connectivity index (χ4v) is 1.44. The van der Waals surface area contributed by atoms with Crippen molar-refractivity contribution in [3.8, 4) is 0 Å². The van der Waals surface area contributed by atoms with Crippen LogP contribution in [0.5, 0.6) is 0 Å². The first kappa shape index (κ1) is 11.7. The normalized spacial score (nSPS) is 14.6. The number of halogens is 1. The van der Waals surface area contributed by atoms with E-state index in [4.69, 9.17) is 5.11 Å². The van der Waals surface area contributed by atoms with Crippen LogP contribution in [0.3, 0.4) is 0 Å². The molecule has 0 saturated carbocycles. The number of carboxylic acid groups (broad SMARTS) is 1. The maximum atomic E-state index is 13.2. The van der Waals surface area contributed by atoms with Crippen LogP contribution in [0.25, 0.3) is 0 Å². The van der Waals surface area contributed by atoms with Crippen LogP contribution in [0.4, 0.5) is 4.39 Å². The third kappa shape index (κ3) is 3.67. The molecule has 0 saturated heterocycles. The van der Waals surface area contributed by atoms with Crippen LogP contribution in [0.2, 0.25) is 0 Å². The lowest BCUT2D eigenvalue weighted by Gasteiger charge is -2.21. The first-order valence-electron chi connectivity index (χ1n) is 4.58. The summed E-state index contributed by atoms with van der Waals surface area (Å²) in [6.07, 6.45) is -0.409. The Balaban J connectivity index is 2.77. The Bertz CT molecular complexity index is 361. The van der Waals surface area contributed by atoms with E-state index < -0.39 is 23.8 Å². The van der Waals surface area contributed by atoms with Gasteiger partial charge in [0.15, 0.2) is 0 Å². The van der Waals surface area contributed by atoms with Crippen LogP contribution in [0.15, 0.2) is 24.3 Å². The first-order chi connectivity index (χ1) is 6.91. The molecule has 4 heteroatoms. The second-order valence-corrected chi connectivity index (χ2v) is 3.84. The van der Waals surface area contributed by atoms with Crippen molar-refractivity contribution in [3.63, 3.8) is 0 Å². The van der Waals surface area contributed by atoms with Gasteiger partial charge in [-0.3, -0.25) is 4.79 Å². The molecule has 0 radical (unpaired) electrons. The number of rotatable bonds is 4. The summed E-state index contributed by atoms with van der Waals surface area (Å²) in [6, 6.07) is 6.01. The molecule has 1 aromatic carbocycles. The van der Waals surface area contributed by atoms with Crippen LogP contribution < -0.4 is 0 Å². The number of hydrogen-bond acceptors (Lipinski definition) is 2. The summed E-state index contributed by atoms with van der Waals surface area (Å²) >= 11 is 0. The Morgan fingerprint density at radius 1 is 1.47 bits per heavy atom. The monoisotopic (exact) mass is 212 g/mol. The maximum Gasteiger partial charge on any atom is 0.306 e. The van der Waals surface area contributed by atoms with E-state index in [1.807, 2.05) is 0 Å². The molecule has 0 aliphatic rings. The van der Waals surface area contributed by atoms with Gasteiger partial charge in [0.2, 0.25) is 0 Å². The Labute approximate surface area is 87.2 Å². The molecule has 1 atom stereocenters. The highest BCUT2D eigenvalue weighted by atomic mass is 19.1. The van der Waals surface area contributed by atoms with Crippen LogP contribution in [-0.2, 0) is 11.2 Å². The molecule has 0 aromatic heterocycles. The maximum absolute atomic E-state index is 13.2. The summed E-state index contributed by atoms with van der Waals surface area (Å²) in [7, 11) is 0. The van der Waals surface area contributed by atoms with E-state index in [9.17, 15) is 14.3 Å². The highest BCUT2D eigenvalue weighted by molar-refractivity contribution is 5.68. The van der Waals surface area contributed by atoms with Crippen LogP contribution in [0.1, 0.15) is 18.9 Å². The Hall–Kier alpha value is -1.42. The summed E-state index contributed by atoms with van der Waals surface area (Å²) in [5.74, 6) is -1.53. The van der Waals surface area contributed by atoms with Crippen molar-refractivity contribution in [2.45, 2.75) is 25.4 Å². The van der Waals surface area contributed by atoms with Gasteiger partial charge in [0.05, 0.1) is 12.0 Å². The van der Waals surface area contributed by atoms with Crippen LogP contribution >= 0.6 is 0 Å². The van der Waals surface area contributed by atoms with Crippen molar-refractivity contribution in [2.75, 3.05) is 0 Å². The molecule has 0 heterocycles. The molecule has 2 N–H and O–H groups in total. The van der Waals surface area contributed by atoms with Gasteiger partial charge in [0.1, 0.15) is 5.82 Å². The molecular weight excluding hydrogens is 199 g/mol. The van der Waals surface area contributed by atoms with Gasteiger partial charge in [-0.2, -0.15) is 0 Å². The lowest BCUT2D eigenvalue weighted by molar-refractivity contribution is -0.141. The highest BCUT2D eigenvalue weighted by Gasteiger charge is 2.25. The van der Waals surface area contributed by atoms with E-state index in [1.165, 1.54) is 19.1 Å². The van der Waals surface area contributed by atoms with E-state index in [2.05, 4.69) is 0 Å². The summed E-state index contributed by atoms with van der Waals surface area (Å²) in [5, 5.41) is 18.3. The van der Waals surface area contributed by atoms with Gasteiger partial charge < -0.3 is 10.2 Å². The Kier molecular flexibility index (Phi) is 3.42. The van der Waals surface area contributed by atoms with Gasteiger partial charge >= 0.3 is 5.97 Å².